The molecule has 1 aromatic rings. The summed E-state index contributed by atoms with van der Waals surface area (Å²) >= 11 is 0. The van der Waals surface area contributed by atoms with Crippen LogP contribution in [0.1, 0.15) is 61.0 Å². The molecule has 5 heteroatoms. The summed E-state index contributed by atoms with van der Waals surface area (Å²) < 4.78 is 5.68. The highest BCUT2D eigenvalue weighted by molar-refractivity contribution is 6.04. The molecular weight excluding hydrogens is 320 g/mol. The summed E-state index contributed by atoms with van der Waals surface area (Å²) in [7, 11) is 0. The number of ketones is 1. The zero-order chi connectivity index (χ0) is 17.7. The van der Waals surface area contributed by atoms with Crippen molar-refractivity contribution >= 4 is 5.78 Å². The van der Waals surface area contributed by atoms with E-state index >= 15 is 0 Å². The molecule has 1 aliphatic heterocycles. The van der Waals surface area contributed by atoms with Gasteiger partial charge in [-0.25, -0.2) is 0 Å². The lowest BCUT2D eigenvalue weighted by atomic mass is 9.54. The lowest BCUT2D eigenvalue weighted by Gasteiger charge is -2.49. The minimum atomic E-state index is -0.481. The summed E-state index contributed by atoms with van der Waals surface area (Å²) in [6, 6.07) is 0. The fourth-order valence-corrected chi connectivity index (χ4v) is 6.19. The van der Waals surface area contributed by atoms with Gasteiger partial charge in [-0.3, -0.25) is 4.79 Å². The van der Waals surface area contributed by atoms with E-state index in [-0.39, 0.29) is 46.4 Å². The molecule has 5 atom stereocenters. The molecule has 1 aromatic carbocycles. The monoisotopic (exact) mass is 344 g/mol. The molecule has 0 unspecified atom stereocenters. The molecule has 3 N–H and O–H groups in total. The van der Waals surface area contributed by atoms with Gasteiger partial charge in [-0.2, -0.15) is 0 Å². The Balaban J connectivity index is 1.75. The van der Waals surface area contributed by atoms with Gasteiger partial charge in [-0.15, -0.1) is 0 Å². The second kappa shape index (κ2) is 4.50. The van der Waals surface area contributed by atoms with Gasteiger partial charge >= 0.3 is 0 Å². The van der Waals surface area contributed by atoms with Crippen molar-refractivity contribution in [3.63, 3.8) is 0 Å². The maximum absolute atomic E-state index is 13.0. The molecule has 0 aromatic heterocycles. The fraction of sp³-hybridized carbons (Fsp3) is 0.650. The summed E-state index contributed by atoms with van der Waals surface area (Å²) in [5, 5.41) is 31.2. The van der Waals surface area contributed by atoms with Crippen LogP contribution in [0.2, 0.25) is 0 Å². The van der Waals surface area contributed by atoms with E-state index in [1.54, 1.807) is 0 Å². The number of ether oxygens (including phenoxy) is 1. The first-order chi connectivity index (χ1) is 11.8. The van der Waals surface area contributed by atoms with Gasteiger partial charge in [-0.1, -0.05) is 13.8 Å². The van der Waals surface area contributed by atoms with E-state index in [1.165, 1.54) is 0 Å². The average Bonchev–Trinajstić information content (AvgIpc) is 3.06. The van der Waals surface area contributed by atoms with Crippen molar-refractivity contribution in [1.29, 1.82) is 0 Å². The average molecular weight is 344 g/mol. The molecule has 134 valence electrons. The van der Waals surface area contributed by atoms with Gasteiger partial charge < -0.3 is 20.1 Å². The highest BCUT2D eigenvalue weighted by Crippen LogP contribution is 2.72. The topological polar surface area (TPSA) is 87.0 Å². The van der Waals surface area contributed by atoms with Gasteiger partial charge in [0.2, 0.25) is 0 Å². The highest BCUT2D eigenvalue weighted by atomic mass is 16.5. The van der Waals surface area contributed by atoms with Crippen LogP contribution in [0.4, 0.5) is 0 Å². The van der Waals surface area contributed by atoms with Crippen molar-refractivity contribution in [2.45, 2.75) is 57.5 Å². The quantitative estimate of drug-likeness (QED) is 0.682. The first-order valence-corrected chi connectivity index (χ1v) is 9.23. The lowest BCUT2D eigenvalue weighted by molar-refractivity contribution is 0.0693. The summed E-state index contributed by atoms with van der Waals surface area (Å²) in [6.07, 6.45) is 3.42. The van der Waals surface area contributed by atoms with Crippen LogP contribution in [0.25, 0.3) is 0 Å². The molecule has 0 spiro atoms. The Bertz CT molecular complexity index is 815. The number of carbonyl (C=O) groups is 1. The number of Topliss-reactive ketones (excluding diaryl/α,β-unsaturated/α-hetero) is 1. The van der Waals surface area contributed by atoms with Crippen LogP contribution in [-0.2, 0) is 11.8 Å². The van der Waals surface area contributed by atoms with E-state index in [2.05, 4.69) is 13.8 Å². The molecule has 0 amide bonds. The number of fused-ring (bicyclic) bond motifs is 6. The van der Waals surface area contributed by atoms with Crippen LogP contribution in [0.3, 0.4) is 0 Å². The lowest BCUT2D eigenvalue weighted by Crippen LogP contribution is -2.46. The Morgan fingerprint density at radius 1 is 1.20 bits per heavy atom. The smallest absolute Gasteiger partial charge is 0.168 e. The van der Waals surface area contributed by atoms with E-state index in [4.69, 9.17) is 4.74 Å². The van der Waals surface area contributed by atoms with Crippen LogP contribution in [0.5, 0.6) is 17.2 Å². The number of hydrogen-bond donors (Lipinski definition) is 3. The SMILES string of the molecule is C[C@@]12C[C@@H]1CC[C@]1(C)c3c(O)c4c(c(O)c3C(=O)C[C@@H]21)C[C@H](CO)O4. The fourth-order valence-electron chi connectivity index (χ4n) is 6.19. The standard InChI is InChI=1S/C20H24O5/c1-19-4-3-9-7-20(9,2)13(19)6-12(22)14-15(19)17(24)18-11(16(14)23)5-10(8-21)25-18/h9-10,13,21,23-24H,3-8H2,1-2H3/t9-,10+,13+,19-,20+/m0/s1. The van der Waals surface area contributed by atoms with Crippen LogP contribution in [-0.4, -0.2) is 33.8 Å². The maximum Gasteiger partial charge on any atom is 0.168 e. The zero-order valence-corrected chi connectivity index (χ0v) is 14.6. The molecule has 2 fully saturated rings. The number of hydrogen-bond acceptors (Lipinski definition) is 5. The molecule has 2 saturated carbocycles. The van der Waals surface area contributed by atoms with E-state index in [9.17, 15) is 20.1 Å². The van der Waals surface area contributed by atoms with Gasteiger partial charge in [0.25, 0.3) is 0 Å². The van der Waals surface area contributed by atoms with E-state index < -0.39 is 6.10 Å². The molecule has 0 radical (unpaired) electrons. The van der Waals surface area contributed by atoms with Gasteiger partial charge in [-0.05, 0) is 36.5 Å². The minimum Gasteiger partial charge on any atom is -0.507 e. The van der Waals surface area contributed by atoms with Gasteiger partial charge in [0.05, 0.1) is 12.2 Å². The summed E-state index contributed by atoms with van der Waals surface area (Å²) in [6.45, 7) is 4.21. The van der Waals surface area contributed by atoms with Crippen molar-refractivity contribution < 1.29 is 24.9 Å². The second-order valence-corrected chi connectivity index (χ2v) is 8.92. The number of carbonyl (C=O) groups excluding carboxylic acids is 1. The van der Waals surface area contributed by atoms with Crippen LogP contribution in [0, 0.1) is 17.3 Å². The van der Waals surface area contributed by atoms with E-state index in [0.717, 1.165) is 19.3 Å². The van der Waals surface area contributed by atoms with E-state index in [0.29, 0.717) is 35.4 Å². The Morgan fingerprint density at radius 3 is 2.68 bits per heavy atom. The third-order valence-electron chi connectivity index (χ3n) is 7.69. The minimum absolute atomic E-state index is 0.00185. The molecule has 3 aliphatic carbocycles. The highest BCUT2D eigenvalue weighted by Gasteiger charge is 2.66. The zero-order valence-electron chi connectivity index (χ0n) is 14.6. The number of phenols is 2. The number of rotatable bonds is 1. The Labute approximate surface area is 146 Å². The molecule has 0 saturated heterocycles. The summed E-state index contributed by atoms with van der Waals surface area (Å²) in [5.74, 6) is 1.01. The van der Waals surface area contributed by atoms with Crippen molar-refractivity contribution in [1.82, 2.24) is 0 Å². The predicted octanol–water partition coefficient (Wildman–Crippen LogP) is 2.67. The molecule has 5 nitrogen and oxygen atoms in total. The van der Waals surface area contributed by atoms with Gasteiger partial charge in [0, 0.05) is 29.4 Å². The Morgan fingerprint density at radius 2 is 1.96 bits per heavy atom. The second-order valence-electron chi connectivity index (χ2n) is 8.92. The molecule has 4 aliphatic rings. The molecular formula is C20H24O5. The van der Waals surface area contributed by atoms with Crippen molar-refractivity contribution in [3.05, 3.63) is 16.7 Å². The Kier molecular flexibility index (Phi) is 2.79. The van der Waals surface area contributed by atoms with Gasteiger partial charge in [0.1, 0.15) is 11.9 Å². The normalized spacial score (nSPS) is 40.6. The maximum atomic E-state index is 13.0. The molecule has 0 bridgehead atoms. The number of aromatic hydroxyl groups is 2. The first-order valence-electron chi connectivity index (χ1n) is 9.23. The summed E-state index contributed by atoms with van der Waals surface area (Å²) in [4.78, 5) is 13.0. The number of aliphatic hydroxyl groups is 1. The number of aliphatic hydroxyl groups excluding tert-OH is 1. The van der Waals surface area contributed by atoms with Crippen LogP contribution in [0.15, 0.2) is 0 Å². The van der Waals surface area contributed by atoms with Crippen LogP contribution < -0.4 is 4.74 Å². The third kappa shape index (κ3) is 1.70. The first kappa shape index (κ1) is 15.5. The largest absolute Gasteiger partial charge is 0.507 e. The Hall–Kier alpha value is -1.75. The van der Waals surface area contributed by atoms with Crippen LogP contribution >= 0.6 is 0 Å². The molecule has 5 rings (SSSR count). The van der Waals surface area contributed by atoms with Crippen molar-refractivity contribution in [2.75, 3.05) is 6.61 Å². The number of phenolic OH excluding ortho intramolecular Hbond substituents is 2. The summed E-state index contributed by atoms with van der Waals surface area (Å²) in [5.41, 5.74) is 1.16. The van der Waals surface area contributed by atoms with Gasteiger partial charge in [0.15, 0.2) is 17.3 Å². The van der Waals surface area contributed by atoms with E-state index in [1.807, 2.05) is 0 Å². The van der Waals surface area contributed by atoms with Crippen molar-refractivity contribution in [2.24, 2.45) is 17.3 Å². The molecule has 1 heterocycles. The third-order valence-corrected chi connectivity index (χ3v) is 7.69. The molecule has 25 heavy (non-hydrogen) atoms. The number of benzene rings is 1. The van der Waals surface area contributed by atoms with Crippen molar-refractivity contribution in [3.8, 4) is 17.2 Å². The predicted molar refractivity (Wildman–Crippen MR) is 90.2 cm³/mol.